The second-order valence-electron chi connectivity index (χ2n) is 9.33. The normalized spacial score (nSPS) is 12.0. The molecule has 39 heavy (non-hydrogen) atoms. The predicted octanol–water partition coefficient (Wildman–Crippen LogP) is 5.57. The lowest BCUT2D eigenvalue weighted by molar-refractivity contribution is -0.140. The van der Waals surface area contributed by atoms with E-state index in [1.165, 1.54) is 17.0 Å². The molecule has 0 spiro atoms. The summed E-state index contributed by atoms with van der Waals surface area (Å²) in [5, 5.41) is 3.31. The molecule has 1 N–H and O–H groups in total. The number of carbonyl (C=O) groups is 2. The number of halogens is 1. The highest BCUT2D eigenvalue weighted by atomic mass is 35.5. The number of nitrogens with one attached hydrogen (secondary N) is 1. The highest BCUT2D eigenvalue weighted by Gasteiger charge is 2.33. The topological polar surface area (TPSA) is 86.8 Å². The SMILES string of the molecule is CCCCNC(=O)C(CC)N(Cc1ccccc1)C(=O)CN(c1ccc(C)c(Cl)c1)S(=O)(=O)c1ccccc1. The number of unbranched alkanes of at least 4 members (excludes halogenated alkanes) is 1. The summed E-state index contributed by atoms with van der Waals surface area (Å²) in [6, 6.07) is 21.4. The molecule has 0 bridgehead atoms. The molecule has 208 valence electrons. The Hall–Kier alpha value is -3.36. The van der Waals surface area contributed by atoms with Gasteiger partial charge in [-0.1, -0.05) is 86.5 Å². The first-order valence-electron chi connectivity index (χ1n) is 13.1. The summed E-state index contributed by atoms with van der Waals surface area (Å²) in [6.07, 6.45) is 2.12. The standard InChI is InChI=1S/C30H36ClN3O4S/c1-4-6-19-32-30(36)28(5-2)33(21-24-13-9-7-10-14-24)29(35)22-34(25-18-17-23(3)27(31)20-25)39(37,38)26-15-11-8-12-16-26/h7-18,20,28H,4-6,19,21-22H2,1-3H3,(H,32,36). The molecule has 3 aromatic rings. The van der Waals surface area contributed by atoms with Crippen LogP contribution in [0, 0.1) is 6.92 Å². The van der Waals surface area contributed by atoms with E-state index in [0.29, 0.717) is 18.0 Å². The van der Waals surface area contributed by atoms with Crippen LogP contribution in [0.2, 0.25) is 5.02 Å². The van der Waals surface area contributed by atoms with E-state index in [-0.39, 0.29) is 23.0 Å². The smallest absolute Gasteiger partial charge is 0.264 e. The van der Waals surface area contributed by atoms with Crippen LogP contribution in [0.15, 0.2) is 83.8 Å². The Morgan fingerprint density at radius 2 is 1.59 bits per heavy atom. The number of rotatable bonds is 13. The maximum atomic E-state index is 14.0. The number of carbonyl (C=O) groups excluding carboxylic acids is 2. The van der Waals surface area contributed by atoms with E-state index in [0.717, 1.165) is 28.3 Å². The zero-order valence-electron chi connectivity index (χ0n) is 22.6. The number of benzene rings is 3. The minimum absolute atomic E-state index is 0.0495. The Kier molecular flexibility index (Phi) is 10.9. The molecular formula is C30H36ClN3O4S. The number of hydrogen-bond acceptors (Lipinski definition) is 4. The van der Waals surface area contributed by atoms with E-state index >= 15 is 0 Å². The Labute approximate surface area is 236 Å². The lowest BCUT2D eigenvalue weighted by atomic mass is 10.1. The summed E-state index contributed by atoms with van der Waals surface area (Å²) >= 11 is 6.37. The van der Waals surface area contributed by atoms with Gasteiger partial charge >= 0.3 is 0 Å². The average Bonchev–Trinajstić information content (AvgIpc) is 2.94. The maximum absolute atomic E-state index is 14.0. The molecule has 3 aromatic carbocycles. The van der Waals surface area contributed by atoms with Crippen LogP contribution in [-0.2, 0) is 26.2 Å². The molecule has 7 nitrogen and oxygen atoms in total. The van der Waals surface area contributed by atoms with E-state index < -0.39 is 28.5 Å². The molecule has 0 radical (unpaired) electrons. The summed E-state index contributed by atoms with van der Waals surface area (Å²) in [5.41, 5.74) is 1.88. The van der Waals surface area contributed by atoms with Crippen LogP contribution in [0.4, 0.5) is 5.69 Å². The van der Waals surface area contributed by atoms with Crippen molar-refractivity contribution in [3.8, 4) is 0 Å². The molecule has 0 aliphatic heterocycles. The van der Waals surface area contributed by atoms with Crippen LogP contribution in [0.1, 0.15) is 44.2 Å². The van der Waals surface area contributed by atoms with Gasteiger partial charge in [-0.25, -0.2) is 8.42 Å². The van der Waals surface area contributed by atoms with Crippen LogP contribution in [0.25, 0.3) is 0 Å². The second-order valence-corrected chi connectivity index (χ2v) is 11.6. The highest BCUT2D eigenvalue weighted by molar-refractivity contribution is 7.92. The molecule has 9 heteroatoms. The molecule has 0 saturated heterocycles. The lowest BCUT2D eigenvalue weighted by Crippen LogP contribution is -2.52. The Balaban J connectivity index is 2.03. The predicted molar refractivity (Wildman–Crippen MR) is 156 cm³/mol. The van der Waals surface area contributed by atoms with Crippen LogP contribution in [0.5, 0.6) is 0 Å². The quantitative estimate of drug-likeness (QED) is 0.273. The summed E-state index contributed by atoms with van der Waals surface area (Å²) in [7, 11) is -4.13. The third-order valence-corrected chi connectivity index (χ3v) is 8.66. The van der Waals surface area contributed by atoms with Gasteiger partial charge in [0.25, 0.3) is 10.0 Å². The van der Waals surface area contributed by atoms with Crippen molar-refractivity contribution < 1.29 is 18.0 Å². The zero-order chi connectivity index (χ0) is 28.4. The minimum Gasteiger partial charge on any atom is -0.354 e. The molecule has 0 saturated carbocycles. The Morgan fingerprint density at radius 1 is 0.949 bits per heavy atom. The molecule has 0 aliphatic rings. The molecule has 0 aromatic heterocycles. The van der Waals surface area contributed by atoms with Gasteiger partial charge in [0.05, 0.1) is 10.6 Å². The van der Waals surface area contributed by atoms with Gasteiger partial charge in [0, 0.05) is 18.1 Å². The minimum atomic E-state index is -4.13. The van der Waals surface area contributed by atoms with E-state index in [4.69, 9.17) is 11.6 Å². The first-order valence-corrected chi connectivity index (χ1v) is 15.0. The van der Waals surface area contributed by atoms with Gasteiger partial charge < -0.3 is 10.2 Å². The number of aryl methyl sites for hydroxylation is 1. The fourth-order valence-electron chi connectivity index (χ4n) is 4.19. The second kappa shape index (κ2) is 14.1. The monoisotopic (exact) mass is 569 g/mol. The number of nitrogens with zero attached hydrogens (tertiary/aromatic N) is 2. The van der Waals surface area contributed by atoms with Crippen LogP contribution in [0.3, 0.4) is 0 Å². The van der Waals surface area contributed by atoms with Gasteiger partial charge in [0.2, 0.25) is 11.8 Å². The third kappa shape index (κ3) is 7.83. The number of anilines is 1. The largest absolute Gasteiger partial charge is 0.354 e. The molecule has 3 rings (SSSR count). The van der Waals surface area contributed by atoms with Gasteiger partial charge in [-0.15, -0.1) is 0 Å². The first kappa shape index (κ1) is 30.2. The van der Waals surface area contributed by atoms with Crippen molar-refractivity contribution in [1.29, 1.82) is 0 Å². The van der Waals surface area contributed by atoms with Crippen molar-refractivity contribution in [1.82, 2.24) is 10.2 Å². The summed E-state index contributed by atoms with van der Waals surface area (Å²) in [6.45, 7) is 5.87. The summed E-state index contributed by atoms with van der Waals surface area (Å²) in [5.74, 6) is -0.751. The van der Waals surface area contributed by atoms with E-state index in [1.807, 2.05) is 51.1 Å². The summed E-state index contributed by atoms with van der Waals surface area (Å²) < 4.78 is 28.7. The molecule has 2 amide bonds. The summed E-state index contributed by atoms with van der Waals surface area (Å²) in [4.78, 5) is 28.7. The van der Waals surface area contributed by atoms with Crippen molar-refractivity contribution in [3.63, 3.8) is 0 Å². The van der Waals surface area contributed by atoms with Crippen LogP contribution >= 0.6 is 11.6 Å². The van der Waals surface area contributed by atoms with E-state index in [1.54, 1.807) is 36.4 Å². The number of sulfonamides is 1. The highest BCUT2D eigenvalue weighted by Crippen LogP contribution is 2.28. The molecule has 0 fully saturated rings. The van der Waals surface area contributed by atoms with Crippen LogP contribution < -0.4 is 9.62 Å². The maximum Gasteiger partial charge on any atom is 0.264 e. The van der Waals surface area contributed by atoms with Gasteiger partial charge in [-0.2, -0.15) is 0 Å². The lowest BCUT2D eigenvalue weighted by Gasteiger charge is -2.33. The molecule has 1 unspecified atom stereocenters. The van der Waals surface area contributed by atoms with Crippen LogP contribution in [-0.4, -0.2) is 44.3 Å². The average molecular weight is 570 g/mol. The van der Waals surface area contributed by atoms with Crippen molar-refractivity contribution in [2.24, 2.45) is 0 Å². The number of amides is 2. The zero-order valence-corrected chi connectivity index (χ0v) is 24.2. The van der Waals surface area contributed by atoms with E-state index in [9.17, 15) is 18.0 Å². The molecular weight excluding hydrogens is 534 g/mol. The fourth-order valence-corrected chi connectivity index (χ4v) is 5.79. The Bertz CT molecular complexity index is 1350. The van der Waals surface area contributed by atoms with Gasteiger partial charge in [0.1, 0.15) is 12.6 Å². The van der Waals surface area contributed by atoms with Gasteiger partial charge in [-0.05, 0) is 55.2 Å². The Morgan fingerprint density at radius 3 is 2.18 bits per heavy atom. The molecule has 1 atom stereocenters. The van der Waals surface area contributed by atoms with Crippen molar-refractivity contribution >= 4 is 39.1 Å². The van der Waals surface area contributed by atoms with Crippen molar-refractivity contribution in [2.45, 2.75) is 57.5 Å². The van der Waals surface area contributed by atoms with Gasteiger partial charge in [0.15, 0.2) is 0 Å². The van der Waals surface area contributed by atoms with Crippen molar-refractivity contribution in [3.05, 3.63) is 95.0 Å². The number of hydrogen-bond donors (Lipinski definition) is 1. The molecule has 0 aliphatic carbocycles. The third-order valence-electron chi connectivity index (χ3n) is 6.46. The van der Waals surface area contributed by atoms with Gasteiger partial charge in [-0.3, -0.25) is 13.9 Å². The van der Waals surface area contributed by atoms with E-state index in [2.05, 4.69) is 5.32 Å². The van der Waals surface area contributed by atoms with Crippen molar-refractivity contribution in [2.75, 3.05) is 17.4 Å². The fraction of sp³-hybridized carbons (Fsp3) is 0.333. The first-order chi connectivity index (χ1) is 18.7. The molecule has 0 heterocycles.